The number of methoxy groups -OCH3 is 3. The summed E-state index contributed by atoms with van der Waals surface area (Å²) in [5.41, 5.74) is 1.78. The van der Waals surface area contributed by atoms with Crippen LogP contribution in [0.1, 0.15) is 22.3 Å². The van der Waals surface area contributed by atoms with Crippen molar-refractivity contribution in [3.05, 3.63) is 56.7 Å². The first kappa shape index (κ1) is 29.7. The van der Waals surface area contributed by atoms with E-state index in [0.717, 1.165) is 11.3 Å². The maximum absolute atomic E-state index is 12.8. The molecule has 0 aliphatic heterocycles. The molecule has 0 aromatic heterocycles. The van der Waals surface area contributed by atoms with E-state index in [2.05, 4.69) is 10.6 Å². The van der Waals surface area contributed by atoms with Crippen LogP contribution in [-0.4, -0.2) is 81.7 Å². The number of carbonyl (C=O) groups excluding carboxylic acids is 2. The first-order chi connectivity index (χ1) is 18.3. The zero-order chi connectivity index (χ0) is 27.7. The van der Waals surface area contributed by atoms with Gasteiger partial charge in [0.1, 0.15) is 30.0 Å². The van der Waals surface area contributed by atoms with Crippen molar-refractivity contribution in [1.82, 2.24) is 10.6 Å². The van der Waals surface area contributed by atoms with Crippen LogP contribution in [0.5, 0.6) is 23.0 Å². The minimum atomic E-state index is -0.997. The zero-order valence-corrected chi connectivity index (χ0v) is 23.7. The smallest absolute Gasteiger partial charge is 0.247 e. The van der Waals surface area contributed by atoms with Gasteiger partial charge in [-0.1, -0.05) is 0 Å². The molecule has 0 heterocycles. The van der Waals surface area contributed by atoms with Gasteiger partial charge in [0.25, 0.3) is 0 Å². The molecule has 0 spiro atoms. The summed E-state index contributed by atoms with van der Waals surface area (Å²) in [7, 11) is 4.66. The molecule has 0 fully saturated rings. The Balaban J connectivity index is 1.82. The summed E-state index contributed by atoms with van der Waals surface area (Å²) in [4.78, 5) is 24.1. The molecule has 1 aliphatic carbocycles. The van der Waals surface area contributed by atoms with Crippen LogP contribution in [0, 0.1) is 3.57 Å². The van der Waals surface area contributed by atoms with Gasteiger partial charge < -0.3 is 39.8 Å². The predicted octanol–water partition coefficient (Wildman–Crippen LogP) is 1.88. The number of ether oxygens (including phenoxy) is 4. The number of hydrogen-bond donors (Lipinski definition) is 4. The number of amides is 1. The molecule has 1 aliphatic rings. The first-order valence-electron chi connectivity index (χ1n) is 12.1. The van der Waals surface area contributed by atoms with Gasteiger partial charge in [0.15, 0.2) is 11.5 Å². The molecule has 0 bridgehead atoms. The highest BCUT2D eigenvalue weighted by Crippen LogP contribution is 2.36. The molecule has 206 valence electrons. The second-order valence-corrected chi connectivity index (χ2v) is 9.75. The highest BCUT2D eigenvalue weighted by atomic mass is 127. The lowest BCUT2D eigenvalue weighted by Gasteiger charge is -2.34. The fourth-order valence-corrected chi connectivity index (χ4v) is 4.98. The third kappa shape index (κ3) is 7.37. The third-order valence-corrected chi connectivity index (χ3v) is 6.97. The topological polar surface area (TPSA) is 136 Å². The summed E-state index contributed by atoms with van der Waals surface area (Å²) in [5.74, 6) is 1.78. The fourth-order valence-electron chi connectivity index (χ4n) is 4.23. The molecular weight excluding hydrogens is 607 g/mol. The van der Waals surface area contributed by atoms with Crippen LogP contribution in [0.4, 0.5) is 0 Å². The predicted molar refractivity (Wildman–Crippen MR) is 149 cm³/mol. The Kier molecular flexibility index (Phi) is 11.2. The lowest BCUT2D eigenvalue weighted by molar-refractivity contribution is -0.118. The summed E-state index contributed by atoms with van der Waals surface area (Å²) in [6, 6.07) is 8.25. The molecule has 10 nitrogen and oxygen atoms in total. The van der Waals surface area contributed by atoms with E-state index in [1.54, 1.807) is 32.4 Å². The van der Waals surface area contributed by atoms with E-state index in [1.165, 1.54) is 7.11 Å². The Morgan fingerprint density at radius 2 is 1.87 bits per heavy atom. The molecule has 0 radical (unpaired) electrons. The summed E-state index contributed by atoms with van der Waals surface area (Å²) in [6.45, 7) is 0.402. The molecule has 0 saturated heterocycles. The molecule has 11 heteroatoms. The SMILES string of the molecule is COc1ccc(OC)c(CCN[C@@H]2CC(C(=O)NCCO)=C[C@H](Oc3c(I)cc(C=O)cc3OC)[C@H]2O)c1. The monoisotopic (exact) mass is 640 g/mol. The highest BCUT2D eigenvalue weighted by Gasteiger charge is 2.36. The summed E-state index contributed by atoms with van der Waals surface area (Å²) >= 11 is 2.03. The standard InChI is InChI=1S/C27H33IN2O8/c1-35-19-4-5-22(36-2)17(12-19)6-7-29-21-13-18(27(34)30-8-9-31)14-23(25(21)33)38-26-20(28)10-16(15-32)11-24(26)37-3/h4-5,10-12,14-15,21,23,25,29,31,33H,6-9,13H2,1-3H3,(H,30,34)/t21-,23+,25+/m1/s1. The maximum atomic E-state index is 12.8. The molecule has 3 rings (SSSR count). The van der Waals surface area contributed by atoms with Crippen LogP contribution in [0.2, 0.25) is 0 Å². The van der Waals surface area contributed by atoms with Crippen LogP contribution in [0.25, 0.3) is 0 Å². The van der Waals surface area contributed by atoms with Gasteiger partial charge in [-0.25, -0.2) is 0 Å². The Labute approximate surface area is 235 Å². The second-order valence-electron chi connectivity index (χ2n) is 8.59. The van der Waals surface area contributed by atoms with Crippen LogP contribution < -0.4 is 29.6 Å². The van der Waals surface area contributed by atoms with Crippen molar-refractivity contribution in [2.45, 2.75) is 31.1 Å². The molecule has 4 N–H and O–H groups in total. The largest absolute Gasteiger partial charge is 0.497 e. The highest BCUT2D eigenvalue weighted by molar-refractivity contribution is 14.1. The Morgan fingerprint density at radius 1 is 1.11 bits per heavy atom. The summed E-state index contributed by atoms with van der Waals surface area (Å²) < 4.78 is 23.0. The lowest BCUT2D eigenvalue weighted by Crippen LogP contribution is -2.52. The molecule has 1 amide bonds. The number of aliphatic hydroxyl groups excluding tert-OH is 2. The normalized spacial score (nSPS) is 18.8. The van der Waals surface area contributed by atoms with Gasteiger partial charge in [-0.2, -0.15) is 0 Å². The average molecular weight is 640 g/mol. The van der Waals surface area contributed by atoms with Gasteiger partial charge in [0.2, 0.25) is 5.91 Å². The quantitative estimate of drug-likeness (QED) is 0.191. The van der Waals surface area contributed by atoms with Crippen molar-refractivity contribution < 1.29 is 38.7 Å². The number of hydrogen-bond acceptors (Lipinski definition) is 9. The van der Waals surface area contributed by atoms with Crippen molar-refractivity contribution in [2.75, 3.05) is 41.0 Å². The third-order valence-electron chi connectivity index (χ3n) is 6.17. The number of aldehydes is 1. The van der Waals surface area contributed by atoms with Crippen LogP contribution in [0.15, 0.2) is 42.0 Å². The van der Waals surface area contributed by atoms with E-state index < -0.39 is 18.2 Å². The Bertz CT molecular complexity index is 1160. The molecule has 0 unspecified atom stereocenters. The van der Waals surface area contributed by atoms with Gasteiger partial charge >= 0.3 is 0 Å². The number of rotatable bonds is 13. The average Bonchev–Trinajstić information content (AvgIpc) is 2.93. The number of aliphatic hydroxyl groups is 2. The van der Waals surface area contributed by atoms with Gasteiger partial charge in [0, 0.05) is 23.7 Å². The Morgan fingerprint density at radius 3 is 2.53 bits per heavy atom. The zero-order valence-electron chi connectivity index (χ0n) is 21.5. The van der Waals surface area contributed by atoms with Gasteiger partial charge in [-0.3, -0.25) is 9.59 Å². The molecule has 3 atom stereocenters. The molecular formula is C27H33IN2O8. The minimum absolute atomic E-state index is 0.108. The maximum Gasteiger partial charge on any atom is 0.247 e. The van der Waals surface area contributed by atoms with Crippen molar-refractivity contribution in [2.24, 2.45) is 0 Å². The molecule has 2 aromatic rings. The van der Waals surface area contributed by atoms with Crippen molar-refractivity contribution in [1.29, 1.82) is 0 Å². The fraction of sp³-hybridized carbons (Fsp3) is 0.407. The van der Waals surface area contributed by atoms with E-state index in [-0.39, 0.29) is 25.5 Å². The number of carbonyl (C=O) groups is 2. The van der Waals surface area contributed by atoms with E-state index in [4.69, 9.17) is 24.1 Å². The number of benzene rings is 2. The molecule has 2 aromatic carbocycles. The number of halogens is 1. The van der Waals surface area contributed by atoms with Gasteiger partial charge in [-0.15, -0.1) is 0 Å². The van der Waals surface area contributed by atoms with E-state index in [0.29, 0.717) is 51.2 Å². The molecule has 38 heavy (non-hydrogen) atoms. The van der Waals surface area contributed by atoms with E-state index in [1.807, 2.05) is 40.8 Å². The lowest BCUT2D eigenvalue weighted by atomic mass is 9.89. The van der Waals surface area contributed by atoms with Crippen LogP contribution in [0.3, 0.4) is 0 Å². The summed E-state index contributed by atoms with van der Waals surface area (Å²) in [6.07, 6.45) is 1.26. The van der Waals surface area contributed by atoms with E-state index >= 15 is 0 Å². The Hall–Kier alpha value is -2.87. The van der Waals surface area contributed by atoms with Crippen LogP contribution in [-0.2, 0) is 11.2 Å². The van der Waals surface area contributed by atoms with Gasteiger partial charge in [-0.05, 0) is 83.9 Å². The van der Waals surface area contributed by atoms with Crippen LogP contribution >= 0.6 is 22.6 Å². The van der Waals surface area contributed by atoms with Gasteiger partial charge in [0.05, 0.1) is 31.5 Å². The number of nitrogens with one attached hydrogen (secondary N) is 2. The summed E-state index contributed by atoms with van der Waals surface area (Å²) in [5, 5.41) is 26.4. The molecule has 0 saturated carbocycles. The van der Waals surface area contributed by atoms with E-state index in [9.17, 15) is 14.7 Å². The first-order valence-corrected chi connectivity index (χ1v) is 13.1. The second kappa shape index (κ2) is 14.3. The minimum Gasteiger partial charge on any atom is -0.497 e. The van der Waals surface area contributed by atoms with Crippen molar-refractivity contribution in [3.63, 3.8) is 0 Å². The van der Waals surface area contributed by atoms with Crippen molar-refractivity contribution >= 4 is 34.8 Å². The van der Waals surface area contributed by atoms with Crippen molar-refractivity contribution in [3.8, 4) is 23.0 Å².